The van der Waals surface area contributed by atoms with E-state index in [0.29, 0.717) is 5.69 Å². The summed E-state index contributed by atoms with van der Waals surface area (Å²) in [4.78, 5) is 25.5. The van der Waals surface area contributed by atoms with Crippen molar-refractivity contribution in [1.82, 2.24) is 9.97 Å². The average molecular weight is 324 g/mol. The van der Waals surface area contributed by atoms with Crippen LogP contribution >= 0.6 is 0 Å². The summed E-state index contributed by atoms with van der Waals surface area (Å²) in [5.41, 5.74) is 2.66. The number of anilines is 2. The van der Waals surface area contributed by atoms with Crippen LogP contribution in [-0.2, 0) is 6.42 Å². The molecule has 1 aromatic heterocycles. The Kier molecular flexibility index (Phi) is 4.79. The Balaban J connectivity index is 1.86. The Morgan fingerprint density at radius 3 is 2.92 bits per heavy atom. The number of carbonyl (C=O) groups excluding carboxylic acids is 1. The highest BCUT2D eigenvalue weighted by atomic mass is 16.2. The summed E-state index contributed by atoms with van der Waals surface area (Å²) in [6.45, 7) is 5.16. The van der Waals surface area contributed by atoms with Gasteiger partial charge in [0.1, 0.15) is 17.8 Å². The summed E-state index contributed by atoms with van der Waals surface area (Å²) in [6, 6.07) is 10.0. The Morgan fingerprint density at radius 2 is 2.12 bits per heavy atom. The average Bonchev–Trinajstić information content (AvgIpc) is 2.94. The van der Waals surface area contributed by atoms with Crippen molar-refractivity contribution in [3.8, 4) is 0 Å². The quantitative estimate of drug-likeness (QED) is 0.847. The number of hydrogen-bond donors (Lipinski definition) is 0. The summed E-state index contributed by atoms with van der Waals surface area (Å²) < 4.78 is 0. The highest BCUT2D eigenvalue weighted by Gasteiger charge is 2.32. The molecule has 0 saturated carbocycles. The number of unbranched alkanes of at least 4 members (excludes halogenated alkanes) is 1. The van der Waals surface area contributed by atoms with Gasteiger partial charge in [-0.2, -0.15) is 0 Å². The summed E-state index contributed by atoms with van der Waals surface area (Å²) in [7, 11) is 2.00. The van der Waals surface area contributed by atoms with Crippen molar-refractivity contribution in [2.45, 2.75) is 39.2 Å². The lowest BCUT2D eigenvalue weighted by Gasteiger charge is -2.23. The number of rotatable bonds is 5. The van der Waals surface area contributed by atoms with Gasteiger partial charge in [0.05, 0.1) is 0 Å². The molecule has 0 saturated heterocycles. The van der Waals surface area contributed by atoms with Crippen LogP contribution in [-0.4, -0.2) is 35.5 Å². The molecule has 1 aliphatic heterocycles. The van der Waals surface area contributed by atoms with Gasteiger partial charge in [-0.15, -0.1) is 0 Å². The molecule has 126 valence electrons. The molecule has 2 aromatic rings. The van der Waals surface area contributed by atoms with E-state index >= 15 is 0 Å². The summed E-state index contributed by atoms with van der Waals surface area (Å²) in [6.07, 6.45) is 4.59. The van der Waals surface area contributed by atoms with Crippen molar-refractivity contribution in [2.75, 3.05) is 23.4 Å². The highest BCUT2D eigenvalue weighted by Crippen LogP contribution is 2.32. The van der Waals surface area contributed by atoms with Crippen molar-refractivity contribution in [2.24, 2.45) is 0 Å². The molecule has 0 radical (unpaired) electrons. The van der Waals surface area contributed by atoms with Crippen LogP contribution in [0.25, 0.3) is 0 Å². The van der Waals surface area contributed by atoms with E-state index in [-0.39, 0.29) is 11.9 Å². The first-order chi connectivity index (χ1) is 11.6. The third-order valence-electron chi connectivity index (χ3n) is 4.54. The standard InChI is InChI=1S/C19H24N4O/c1-4-5-10-22(3)18-12-16(20-13-21-18)19(24)23-14(2)11-15-8-6-7-9-17(15)23/h6-9,12-14H,4-5,10-11H2,1-3H3. The van der Waals surface area contributed by atoms with Crippen molar-refractivity contribution >= 4 is 17.4 Å². The van der Waals surface area contributed by atoms with Crippen molar-refractivity contribution in [3.63, 3.8) is 0 Å². The van der Waals surface area contributed by atoms with Crippen LogP contribution in [0.2, 0.25) is 0 Å². The van der Waals surface area contributed by atoms with E-state index in [1.807, 2.05) is 30.1 Å². The Bertz CT molecular complexity index is 731. The van der Waals surface area contributed by atoms with Gasteiger partial charge in [0.25, 0.3) is 5.91 Å². The van der Waals surface area contributed by atoms with Gasteiger partial charge in [-0.1, -0.05) is 31.5 Å². The lowest BCUT2D eigenvalue weighted by molar-refractivity contribution is 0.0976. The maximum atomic E-state index is 13.0. The van der Waals surface area contributed by atoms with E-state index in [2.05, 4.69) is 34.8 Å². The second-order valence-corrected chi connectivity index (χ2v) is 6.39. The molecule has 5 nitrogen and oxygen atoms in total. The molecule has 1 unspecified atom stereocenters. The van der Waals surface area contributed by atoms with Gasteiger partial charge in [0.2, 0.25) is 0 Å². The zero-order chi connectivity index (χ0) is 17.1. The second kappa shape index (κ2) is 6.99. The van der Waals surface area contributed by atoms with Crippen LogP contribution in [0.4, 0.5) is 11.5 Å². The summed E-state index contributed by atoms with van der Waals surface area (Å²) >= 11 is 0. The molecule has 1 aliphatic rings. The zero-order valence-corrected chi connectivity index (χ0v) is 14.6. The molecule has 0 bridgehead atoms. The van der Waals surface area contributed by atoms with Gasteiger partial charge in [0.15, 0.2) is 0 Å². The minimum absolute atomic E-state index is 0.0556. The monoisotopic (exact) mass is 324 g/mol. The van der Waals surface area contributed by atoms with Crippen molar-refractivity contribution in [1.29, 1.82) is 0 Å². The number of para-hydroxylation sites is 1. The van der Waals surface area contributed by atoms with Crippen LogP contribution in [0, 0.1) is 0 Å². The van der Waals surface area contributed by atoms with Crippen LogP contribution in [0.15, 0.2) is 36.7 Å². The van der Waals surface area contributed by atoms with Gasteiger partial charge in [-0.3, -0.25) is 4.79 Å². The van der Waals surface area contributed by atoms with E-state index in [0.717, 1.165) is 37.3 Å². The third-order valence-corrected chi connectivity index (χ3v) is 4.54. The van der Waals surface area contributed by atoms with Gasteiger partial charge in [-0.25, -0.2) is 9.97 Å². The normalized spacial score (nSPS) is 16.1. The minimum atomic E-state index is -0.0556. The minimum Gasteiger partial charge on any atom is -0.360 e. The molecular formula is C19H24N4O. The first kappa shape index (κ1) is 16.4. The number of amides is 1. The fourth-order valence-corrected chi connectivity index (χ4v) is 3.18. The molecule has 24 heavy (non-hydrogen) atoms. The maximum Gasteiger partial charge on any atom is 0.277 e. The van der Waals surface area contributed by atoms with E-state index in [1.54, 1.807) is 6.07 Å². The Morgan fingerprint density at radius 1 is 1.33 bits per heavy atom. The Labute approximate surface area is 143 Å². The molecule has 0 spiro atoms. The third kappa shape index (κ3) is 3.11. The van der Waals surface area contributed by atoms with Crippen molar-refractivity contribution in [3.05, 3.63) is 47.9 Å². The lowest BCUT2D eigenvalue weighted by atomic mass is 10.1. The SMILES string of the molecule is CCCCN(C)c1cc(C(=O)N2c3ccccc3CC2C)ncn1. The largest absolute Gasteiger partial charge is 0.360 e. The Hall–Kier alpha value is -2.43. The molecule has 1 atom stereocenters. The molecule has 1 amide bonds. The molecule has 0 aliphatic carbocycles. The molecule has 0 fully saturated rings. The first-order valence-corrected chi connectivity index (χ1v) is 8.56. The molecule has 3 rings (SSSR count). The van der Waals surface area contributed by atoms with Gasteiger partial charge < -0.3 is 9.80 Å². The van der Waals surface area contributed by atoms with E-state index in [9.17, 15) is 4.79 Å². The smallest absolute Gasteiger partial charge is 0.277 e. The van der Waals surface area contributed by atoms with Crippen LogP contribution in [0.1, 0.15) is 42.7 Å². The number of aromatic nitrogens is 2. The first-order valence-electron chi connectivity index (χ1n) is 8.56. The predicted octanol–water partition coefficient (Wildman–Crippen LogP) is 3.30. The van der Waals surface area contributed by atoms with Crippen LogP contribution in [0.3, 0.4) is 0 Å². The zero-order valence-electron chi connectivity index (χ0n) is 14.6. The molecule has 2 heterocycles. The molecular weight excluding hydrogens is 300 g/mol. The predicted molar refractivity (Wildman–Crippen MR) is 96.6 cm³/mol. The van der Waals surface area contributed by atoms with E-state index < -0.39 is 0 Å². The fourth-order valence-electron chi connectivity index (χ4n) is 3.18. The number of benzene rings is 1. The highest BCUT2D eigenvalue weighted by molar-refractivity contribution is 6.06. The number of hydrogen-bond acceptors (Lipinski definition) is 4. The van der Waals surface area contributed by atoms with Crippen LogP contribution in [0.5, 0.6) is 0 Å². The number of carbonyl (C=O) groups is 1. The van der Waals surface area contributed by atoms with Crippen molar-refractivity contribution < 1.29 is 4.79 Å². The summed E-state index contributed by atoms with van der Waals surface area (Å²) in [5.74, 6) is 0.738. The topological polar surface area (TPSA) is 49.3 Å². The number of nitrogens with zero attached hydrogens (tertiary/aromatic N) is 4. The maximum absolute atomic E-state index is 13.0. The van der Waals surface area contributed by atoms with Gasteiger partial charge >= 0.3 is 0 Å². The molecule has 5 heteroatoms. The molecule has 0 N–H and O–H groups in total. The van der Waals surface area contributed by atoms with E-state index in [1.165, 1.54) is 11.9 Å². The second-order valence-electron chi connectivity index (χ2n) is 6.39. The lowest BCUT2D eigenvalue weighted by Crippen LogP contribution is -2.36. The van der Waals surface area contributed by atoms with Crippen LogP contribution < -0.4 is 9.80 Å². The van der Waals surface area contributed by atoms with E-state index in [4.69, 9.17) is 0 Å². The van der Waals surface area contributed by atoms with Gasteiger partial charge in [0, 0.05) is 31.4 Å². The molecule has 1 aromatic carbocycles. The fraction of sp³-hybridized carbons (Fsp3) is 0.421. The summed E-state index contributed by atoms with van der Waals surface area (Å²) in [5, 5.41) is 0. The van der Waals surface area contributed by atoms with Gasteiger partial charge in [-0.05, 0) is 31.4 Å². The number of fused-ring (bicyclic) bond motifs is 1.